The summed E-state index contributed by atoms with van der Waals surface area (Å²) in [5.41, 5.74) is 0. The van der Waals surface area contributed by atoms with Gasteiger partial charge in [-0.25, -0.2) is 4.79 Å². The molecule has 0 atom stereocenters. The van der Waals surface area contributed by atoms with Gasteiger partial charge in [0.2, 0.25) is 5.91 Å². The number of nitrogens with one attached hydrogen (secondary N) is 3. The van der Waals surface area contributed by atoms with Gasteiger partial charge in [0.1, 0.15) is 0 Å². The summed E-state index contributed by atoms with van der Waals surface area (Å²) in [5.74, 6) is -0.250. The third kappa shape index (κ3) is 3.79. The van der Waals surface area contributed by atoms with Crippen molar-refractivity contribution in [3.63, 3.8) is 0 Å². The Kier molecular flexibility index (Phi) is 5.21. The first kappa shape index (κ1) is 12.9. The number of imide groups is 1. The summed E-state index contributed by atoms with van der Waals surface area (Å²) in [7, 11) is 0. The van der Waals surface area contributed by atoms with Crippen molar-refractivity contribution >= 4 is 11.9 Å². The Hall–Kier alpha value is -1.14. The first-order valence-electron chi connectivity index (χ1n) is 5.69. The van der Waals surface area contributed by atoms with E-state index in [0.717, 1.165) is 19.6 Å². The maximum atomic E-state index is 11.5. The Bertz CT molecular complexity index is 253. The highest BCUT2D eigenvalue weighted by atomic mass is 16.2. The Balaban J connectivity index is 2.28. The number of carbonyl (C=O) groups excluding carboxylic acids is 2. The average Bonchev–Trinajstić information content (AvgIpc) is 2.13. The van der Waals surface area contributed by atoms with Crippen LogP contribution in [0.2, 0.25) is 0 Å². The largest absolute Gasteiger partial charge is 0.338 e. The molecule has 6 heteroatoms. The highest BCUT2D eigenvalue weighted by Gasteiger charge is 2.25. The summed E-state index contributed by atoms with van der Waals surface area (Å²) in [6.07, 6.45) is 0. The zero-order chi connectivity index (χ0) is 12.0. The predicted molar refractivity (Wildman–Crippen MR) is 61.1 cm³/mol. The van der Waals surface area contributed by atoms with E-state index < -0.39 is 6.03 Å². The summed E-state index contributed by atoms with van der Waals surface area (Å²) in [6.45, 7) is 7.27. The number of nitrogens with zero attached hydrogens (tertiary/aromatic N) is 1. The molecule has 16 heavy (non-hydrogen) atoms. The number of likely N-dealkylation sites (N-methyl/N-ethyl adjacent to an activating group) is 1. The lowest BCUT2D eigenvalue weighted by molar-refractivity contribution is -0.121. The first-order valence-corrected chi connectivity index (χ1v) is 5.69. The molecule has 0 radical (unpaired) electrons. The molecule has 1 fully saturated rings. The molecule has 1 saturated heterocycles. The fourth-order valence-electron chi connectivity index (χ4n) is 1.59. The minimum Gasteiger partial charge on any atom is -0.338 e. The van der Waals surface area contributed by atoms with Gasteiger partial charge in [0, 0.05) is 25.7 Å². The van der Waals surface area contributed by atoms with Crippen LogP contribution in [0.1, 0.15) is 13.8 Å². The highest BCUT2D eigenvalue weighted by Crippen LogP contribution is 2.03. The van der Waals surface area contributed by atoms with Gasteiger partial charge >= 0.3 is 6.03 Å². The van der Waals surface area contributed by atoms with Gasteiger partial charge in [-0.05, 0) is 13.5 Å². The minimum atomic E-state index is -0.421. The van der Waals surface area contributed by atoms with Crippen LogP contribution in [0, 0.1) is 0 Å². The second-order valence-electron chi connectivity index (χ2n) is 3.78. The summed E-state index contributed by atoms with van der Waals surface area (Å²) in [5, 5.41) is 7.98. The van der Waals surface area contributed by atoms with Crippen LogP contribution in [0.3, 0.4) is 0 Å². The predicted octanol–water partition coefficient (Wildman–Crippen LogP) is -0.874. The van der Waals surface area contributed by atoms with E-state index in [2.05, 4.69) is 20.9 Å². The SMILES string of the molecule is CCNC(=O)NC(=O)CN(CC)C1CNC1. The van der Waals surface area contributed by atoms with Crippen LogP contribution in [0.25, 0.3) is 0 Å². The van der Waals surface area contributed by atoms with Crippen molar-refractivity contribution in [2.24, 2.45) is 0 Å². The van der Waals surface area contributed by atoms with Gasteiger partial charge in [-0.2, -0.15) is 0 Å². The average molecular weight is 228 g/mol. The molecule has 0 aliphatic carbocycles. The number of amides is 3. The van der Waals surface area contributed by atoms with Crippen molar-refractivity contribution in [2.75, 3.05) is 32.7 Å². The molecule has 0 saturated carbocycles. The zero-order valence-electron chi connectivity index (χ0n) is 9.88. The minimum absolute atomic E-state index is 0.250. The van der Waals surface area contributed by atoms with Crippen molar-refractivity contribution in [3.8, 4) is 0 Å². The van der Waals surface area contributed by atoms with E-state index in [0.29, 0.717) is 12.6 Å². The number of carbonyl (C=O) groups is 2. The van der Waals surface area contributed by atoms with E-state index in [1.165, 1.54) is 0 Å². The lowest BCUT2D eigenvalue weighted by atomic mass is 10.1. The number of urea groups is 1. The molecule has 1 heterocycles. The van der Waals surface area contributed by atoms with Crippen LogP contribution in [0.5, 0.6) is 0 Å². The van der Waals surface area contributed by atoms with Crippen LogP contribution in [-0.2, 0) is 4.79 Å². The molecular formula is C10H20N4O2. The molecule has 0 aromatic rings. The number of hydrogen-bond donors (Lipinski definition) is 3. The van der Waals surface area contributed by atoms with E-state index in [-0.39, 0.29) is 12.5 Å². The lowest BCUT2D eigenvalue weighted by Crippen LogP contribution is -2.59. The Morgan fingerprint density at radius 2 is 2.06 bits per heavy atom. The molecule has 1 aliphatic rings. The molecule has 0 bridgehead atoms. The quantitative estimate of drug-likeness (QED) is 0.571. The second kappa shape index (κ2) is 6.44. The standard InChI is InChI=1S/C10H20N4O2/c1-3-12-10(16)13-9(15)7-14(4-2)8-5-11-6-8/h8,11H,3-7H2,1-2H3,(H2,12,13,15,16). The van der Waals surface area contributed by atoms with Gasteiger partial charge in [-0.1, -0.05) is 6.92 Å². The monoisotopic (exact) mass is 228 g/mol. The van der Waals surface area contributed by atoms with Crippen molar-refractivity contribution in [2.45, 2.75) is 19.9 Å². The van der Waals surface area contributed by atoms with E-state index in [9.17, 15) is 9.59 Å². The van der Waals surface area contributed by atoms with Crippen LogP contribution >= 0.6 is 0 Å². The zero-order valence-corrected chi connectivity index (χ0v) is 9.88. The molecule has 3 N–H and O–H groups in total. The lowest BCUT2D eigenvalue weighted by Gasteiger charge is -2.37. The summed E-state index contributed by atoms with van der Waals surface area (Å²) >= 11 is 0. The van der Waals surface area contributed by atoms with Gasteiger partial charge < -0.3 is 10.6 Å². The molecule has 92 valence electrons. The van der Waals surface area contributed by atoms with Crippen LogP contribution in [0.15, 0.2) is 0 Å². The van der Waals surface area contributed by atoms with Crippen LogP contribution in [-0.4, -0.2) is 55.6 Å². The Morgan fingerprint density at radius 1 is 1.38 bits per heavy atom. The smallest absolute Gasteiger partial charge is 0.321 e. The molecule has 1 rings (SSSR count). The molecule has 0 unspecified atom stereocenters. The van der Waals surface area contributed by atoms with E-state index in [1.54, 1.807) is 0 Å². The fourth-order valence-corrected chi connectivity index (χ4v) is 1.59. The van der Waals surface area contributed by atoms with Crippen LogP contribution in [0.4, 0.5) is 4.79 Å². The Labute approximate surface area is 95.8 Å². The maximum Gasteiger partial charge on any atom is 0.321 e. The van der Waals surface area contributed by atoms with Gasteiger partial charge in [0.15, 0.2) is 0 Å². The van der Waals surface area contributed by atoms with Gasteiger partial charge in [-0.3, -0.25) is 15.0 Å². The molecule has 3 amide bonds. The second-order valence-corrected chi connectivity index (χ2v) is 3.78. The fraction of sp³-hybridized carbons (Fsp3) is 0.800. The van der Waals surface area contributed by atoms with Crippen LogP contribution < -0.4 is 16.0 Å². The summed E-state index contributed by atoms with van der Waals surface area (Å²) < 4.78 is 0. The molecule has 6 nitrogen and oxygen atoms in total. The van der Waals surface area contributed by atoms with Crippen molar-refractivity contribution < 1.29 is 9.59 Å². The molecule has 0 aromatic heterocycles. The summed E-state index contributed by atoms with van der Waals surface area (Å²) in [6, 6.07) is 0.000254. The molecular weight excluding hydrogens is 208 g/mol. The van der Waals surface area contributed by atoms with E-state index in [1.807, 2.05) is 13.8 Å². The van der Waals surface area contributed by atoms with Crippen molar-refractivity contribution in [1.29, 1.82) is 0 Å². The number of rotatable bonds is 5. The highest BCUT2D eigenvalue weighted by molar-refractivity contribution is 5.95. The first-order chi connectivity index (χ1) is 7.67. The van der Waals surface area contributed by atoms with Crippen molar-refractivity contribution in [1.82, 2.24) is 20.9 Å². The van der Waals surface area contributed by atoms with Gasteiger partial charge in [-0.15, -0.1) is 0 Å². The third-order valence-corrected chi connectivity index (χ3v) is 2.62. The third-order valence-electron chi connectivity index (χ3n) is 2.62. The van der Waals surface area contributed by atoms with Crippen molar-refractivity contribution in [3.05, 3.63) is 0 Å². The Morgan fingerprint density at radius 3 is 2.50 bits per heavy atom. The topological polar surface area (TPSA) is 73.5 Å². The van der Waals surface area contributed by atoms with E-state index >= 15 is 0 Å². The summed E-state index contributed by atoms with van der Waals surface area (Å²) in [4.78, 5) is 24.7. The molecule has 1 aliphatic heterocycles. The van der Waals surface area contributed by atoms with E-state index in [4.69, 9.17) is 0 Å². The molecule has 0 spiro atoms. The van der Waals surface area contributed by atoms with Gasteiger partial charge in [0.05, 0.1) is 6.54 Å². The number of hydrogen-bond acceptors (Lipinski definition) is 4. The normalized spacial score (nSPS) is 15.7. The van der Waals surface area contributed by atoms with Gasteiger partial charge in [0.25, 0.3) is 0 Å². The maximum absolute atomic E-state index is 11.5. The molecule has 0 aromatic carbocycles.